The van der Waals surface area contributed by atoms with Crippen molar-refractivity contribution in [1.82, 2.24) is 0 Å². The minimum absolute atomic E-state index is 0.0241. The van der Waals surface area contributed by atoms with Crippen LogP contribution in [0.2, 0.25) is 0 Å². The number of ether oxygens (including phenoxy) is 5. The fraction of sp³-hybridized carbons (Fsp3) is 0.417. The van der Waals surface area contributed by atoms with Gasteiger partial charge in [-0.05, 0) is 55.5 Å². The fourth-order valence-electron chi connectivity index (χ4n) is 6.81. The van der Waals surface area contributed by atoms with Crippen molar-refractivity contribution >= 4 is 35.3 Å². The summed E-state index contributed by atoms with van der Waals surface area (Å²) in [4.78, 5) is 24.3. The minimum atomic E-state index is -2.49. The van der Waals surface area contributed by atoms with Crippen molar-refractivity contribution in [2.45, 2.75) is 80.9 Å². The third-order valence-electron chi connectivity index (χ3n) is 9.51. The van der Waals surface area contributed by atoms with Gasteiger partial charge in [0.1, 0.15) is 58.9 Å². The number of aliphatic hydroxyl groups is 4. The van der Waals surface area contributed by atoms with Gasteiger partial charge in [-0.15, -0.1) is 0 Å². The molecule has 4 heterocycles. The van der Waals surface area contributed by atoms with E-state index < -0.39 is 54.4 Å². The first kappa shape index (κ1) is 35.1. The molecule has 1 unspecified atom stereocenters. The highest BCUT2D eigenvalue weighted by Gasteiger charge is 2.59. The van der Waals surface area contributed by atoms with Crippen molar-refractivity contribution in [3.05, 3.63) is 59.7 Å². The lowest BCUT2D eigenvalue weighted by molar-refractivity contribution is -0.303. The molecule has 7 N–H and O–H groups in total. The summed E-state index contributed by atoms with van der Waals surface area (Å²) in [6, 6.07) is 8.28. The molecule has 16 heteroatoms. The van der Waals surface area contributed by atoms with E-state index in [0.29, 0.717) is 37.2 Å². The molecule has 1 saturated heterocycles. The Kier molecular flexibility index (Phi) is 9.71. The number of rotatable bonds is 12. The molecule has 0 radical (unpaired) electrons. The zero-order chi connectivity index (χ0) is 36.6. The van der Waals surface area contributed by atoms with Crippen LogP contribution < -0.4 is 18.9 Å². The first-order valence-corrected chi connectivity index (χ1v) is 16.9. The summed E-state index contributed by atoms with van der Waals surface area (Å²) in [6.45, 7) is 0.431. The standard InChI is InChI=1S/C36H38N4O12/c37-27-10-7-19(40-27)11-12-48-21-8-5-18(6-9-21)24-13-23(41)28-25(50-24)14-26(31(29(28)42)49-22-3-1-2-4-22)51-35-30(43)32(44)36(47,33(52-35)34(45)46)15-20-16-38-17-39-20/h5-10,13-14,17,22,24,30,32-33,35,37,41-44,47H,1-4,11-12,15-16H2,(H,45,46)/t24?,30-,32+,33-,35-,36+/m1/s1. The fourth-order valence-corrected chi connectivity index (χ4v) is 6.81. The summed E-state index contributed by atoms with van der Waals surface area (Å²) < 4.78 is 29.8. The number of carbonyl (C=O) groups is 1. The number of hydrogen-bond acceptors (Lipinski definition) is 14. The van der Waals surface area contributed by atoms with Gasteiger partial charge in [0.2, 0.25) is 12.0 Å². The summed E-state index contributed by atoms with van der Waals surface area (Å²) in [6.07, 6.45) is 0.149. The van der Waals surface area contributed by atoms with Gasteiger partial charge in [-0.1, -0.05) is 12.1 Å². The molecule has 2 aromatic rings. The van der Waals surface area contributed by atoms with Crippen molar-refractivity contribution < 1.29 is 59.1 Å². The van der Waals surface area contributed by atoms with Crippen LogP contribution in [0.4, 0.5) is 0 Å². The number of aliphatic carboxylic acids is 1. The maximum atomic E-state index is 12.3. The molecule has 0 bridgehead atoms. The Balaban J connectivity index is 1.13. The predicted octanol–water partition coefficient (Wildman–Crippen LogP) is 3.02. The monoisotopic (exact) mass is 718 g/mol. The lowest BCUT2D eigenvalue weighted by atomic mass is 9.80. The van der Waals surface area contributed by atoms with Crippen LogP contribution in [0.25, 0.3) is 5.76 Å². The van der Waals surface area contributed by atoms with Crippen LogP contribution in [0, 0.1) is 5.41 Å². The van der Waals surface area contributed by atoms with E-state index in [4.69, 9.17) is 29.1 Å². The number of phenols is 1. The summed E-state index contributed by atoms with van der Waals surface area (Å²) in [7, 11) is 0. The molecule has 1 saturated carbocycles. The number of nitrogens with zero attached hydrogens (tertiary/aromatic N) is 3. The van der Waals surface area contributed by atoms with Crippen LogP contribution in [-0.4, -0.2) is 110 Å². The molecule has 16 nitrogen and oxygen atoms in total. The second kappa shape index (κ2) is 14.4. The maximum absolute atomic E-state index is 12.3. The molecule has 4 aliphatic heterocycles. The molecule has 0 aromatic heterocycles. The molecule has 2 aromatic carbocycles. The number of benzene rings is 2. The molecule has 7 rings (SSSR count). The zero-order valence-corrected chi connectivity index (χ0v) is 27.8. The number of nitrogens with one attached hydrogen (secondary N) is 1. The van der Waals surface area contributed by atoms with Crippen molar-refractivity contribution in [2.24, 2.45) is 15.0 Å². The molecule has 2 fully saturated rings. The summed E-state index contributed by atoms with van der Waals surface area (Å²) in [5, 5.41) is 73.8. The molecular formula is C36H38N4O12. The number of carboxylic acid groups (broad SMARTS) is 1. The van der Waals surface area contributed by atoms with Crippen LogP contribution >= 0.6 is 0 Å². The Morgan fingerprint density at radius 2 is 1.85 bits per heavy atom. The number of aliphatic imine (C=N–C) groups is 3. The van der Waals surface area contributed by atoms with Gasteiger partial charge in [-0.25, -0.2) is 14.8 Å². The lowest BCUT2D eigenvalue weighted by Gasteiger charge is -2.46. The van der Waals surface area contributed by atoms with E-state index in [9.17, 15) is 35.4 Å². The van der Waals surface area contributed by atoms with E-state index in [0.717, 1.165) is 18.6 Å². The van der Waals surface area contributed by atoms with Crippen LogP contribution in [-0.2, 0) is 9.53 Å². The van der Waals surface area contributed by atoms with Crippen LogP contribution in [0.5, 0.6) is 28.7 Å². The van der Waals surface area contributed by atoms with E-state index in [1.807, 2.05) is 0 Å². The second-order valence-corrected chi connectivity index (χ2v) is 13.1. The van der Waals surface area contributed by atoms with E-state index in [1.54, 1.807) is 36.4 Å². The van der Waals surface area contributed by atoms with Crippen LogP contribution in [0.3, 0.4) is 0 Å². The minimum Gasteiger partial charge on any atom is -0.507 e. The highest BCUT2D eigenvalue weighted by atomic mass is 16.7. The molecule has 0 amide bonds. The highest BCUT2D eigenvalue weighted by Crippen LogP contribution is 2.52. The van der Waals surface area contributed by atoms with Crippen LogP contribution in [0.15, 0.2) is 63.5 Å². The average Bonchev–Trinajstić information content (AvgIpc) is 3.91. The normalized spacial score (nSPS) is 28.2. The molecule has 5 aliphatic rings. The molecule has 274 valence electrons. The predicted molar refractivity (Wildman–Crippen MR) is 185 cm³/mol. The SMILES string of the molecule is N=C1C=CC(CCOc2ccc(C3C=C(O)c4c(cc(O[C@@H]5O[C@H](C(=O)O)[C@](O)(CC6=NC=NC6)[C@@H](O)[C@H]5O)c(OC5CCCC5)c4O)O3)cc2)=N1. The number of aromatic hydroxyl groups is 1. The van der Waals surface area contributed by atoms with E-state index in [-0.39, 0.29) is 52.8 Å². The van der Waals surface area contributed by atoms with Gasteiger partial charge in [0.15, 0.2) is 17.6 Å². The Hall–Kier alpha value is -5.29. The molecular weight excluding hydrogens is 680 g/mol. The summed E-state index contributed by atoms with van der Waals surface area (Å²) >= 11 is 0. The third kappa shape index (κ3) is 6.97. The van der Waals surface area contributed by atoms with Crippen molar-refractivity contribution in [2.75, 3.05) is 13.2 Å². The van der Waals surface area contributed by atoms with Gasteiger partial charge in [0.05, 0.1) is 19.3 Å². The van der Waals surface area contributed by atoms with Crippen LogP contribution in [0.1, 0.15) is 55.8 Å². The molecule has 6 atom stereocenters. The average molecular weight is 719 g/mol. The summed E-state index contributed by atoms with van der Waals surface area (Å²) in [5.74, 6) is -2.13. The van der Waals surface area contributed by atoms with Gasteiger partial charge in [-0.3, -0.25) is 10.4 Å². The lowest BCUT2D eigenvalue weighted by Crippen LogP contribution is -2.69. The van der Waals surface area contributed by atoms with Crippen molar-refractivity contribution in [3.8, 4) is 28.7 Å². The van der Waals surface area contributed by atoms with Gasteiger partial charge < -0.3 is 54.3 Å². The van der Waals surface area contributed by atoms with E-state index in [2.05, 4.69) is 15.0 Å². The topological polar surface area (TPSA) is 246 Å². The number of carboxylic acids is 1. The maximum Gasteiger partial charge on any atom is 0.336 e. The van der Waals surface area contributed by atoms with Gasteiger partial charge >= 0.3 is 5.97 Å². The smallest absolute Gasteiger partial charge is 0.336 e. The number of amidine groups is 1. The molecule has 1 aliphatic carbocycles. The largest absolute Gasteiger partial charge is 0.507 e. The van der Waals surface area contributed by atoms with Crippen molar-refractivity contribution in [1.29, 1.82) is 5.41 Å². The van der Waals surface area contributed by atoms with Gasteiger partial charge in [0, 0.05) is 36.4 Å². The Morgan fingerprint density at radius 3 is 2.52 bits per heavy atom. The first-order chi connectivity index (χ1) is 25.0. The second-order valence-electron chi connectivity index (χ2n) is 13.1. The Labute approximate surface area is 297 Å². The number of phenolic OH excluding ortho intramolecular Hbond substituents is 1. The van der Waals surface area contributed by atoms with E-state index >= 15 is 0 Å². The highest BCUT2D eigenvalue weighted by molar-refractivity contribution is 6.14. The number of allylic oxidation sites excluding steroid dienone is 1. The third-order valence-corrected chi connectivity index (χ3v) is 9.51. The number of fused-ring (bicyclic) bond motifs is 1. The molecule has 0 spiro atoms. The number of aliphatic hydroxyl groups excluding tert-OH is 3. The van der Waals surface area contributed by atoms with Gasteiger partial charge in [-0.2, -0.15) is 0 Å². The quantitative estimate of drug-likeness (QED) is 0.167. The Morgan fingerprint density at radius 1 is 1.08 bits per heavy atom. The van der Waals surface area contributed by atoms with Gasteiger partial charge in [0.25, 0.3) is 0 Å². The molecule has 52 heavy (non-hydrogen) atoms. The van der Waals surface area contributed by atoms with Crippen molar-refractivity contribution in [3.63, 3.8) is 0 Å². The van der Waals surface area contributed by atoms with E-state index in [1.165, 1.54) is 18.5 Å². The zero-order valence-electron chi connectivity index (χ0n) is 27.8. The first-order valence-electron chi connectivity index (χ1n) is 16.9. The summed E-state index contributed by atoms with van der Waals surface area (Å²) in [5.41, 5.74) is -0.888. The number of hydrogen-bond donors (Lipinski definition) is 7. The Bertz CT molecular complexity index is 1880.